The van der Waals surface area contributed by atoms with Gasteiger partial charge >= 0.3 is 0 Å². The number of piperidine rings is 1. The normalized spacial score (nSPS) is 18.6. The van der Waals surface area contributed by atoms with Crippen LogP contribution in [0.5, 0.6) is 0 Å². The van der Waals surface area contributed by atoms with E-state index in [1.807, 2.05) is 28.9 Å². The highest BCUT2D eigenvalue weighted by molar-refractivity contribution is 5.92. The molecule has 3 rings (SSSR count). The predicted octanol–water partition coefficient (Wildman–Crippen LogP) is 1.69. The molecule has 7 nitrogen and oxygen atoms in total. The van der Waals surface area contributed by atoms with Crippen molar-refractivity contribution in [3.63, 3.8) is 0 Å². The van der Waals surface area contributed by atoms with Gasteiger partial charge in [0.25, 0.3) is 5.91 Å². The highest BCUT2D eigenvalue weighted by Gasteiger charge is 2.28. The summed E-state index contributed by atoms with van der Waals surface area (Å²) >= 11 is 0. The Bertz CT molecular complexity index is 674. The fourth-order valence-electron chi connectivity index (χ4n) is 3.12. The maximum Gasteiger partial charge on any atom is 0.272 e. The van der Waals surface area contributed by atoms with Crippen LogP contribution in [-0.4, -0.2) is 48.7 Å². The molecule has 0 aromatic carbocycles. The molecule has 0 N–H and O–H groups in total. The molecule has 23 heavy (non-hydrogen) atoms. The summed E-state index contributed by atoms with van der Waals surface area (Å²) in [6, 6.07) is 1.82. The van der Waals surface area contributed by atoms with Crippen LogP contribution in [0.2, 0.25) is 0 Å². The summed E-state index contributed by atoms with van der Waals surface area (Å²) in [5, 5.41) is 12.5. The van der Waals surface area contributed by atoms with Crippen LogP contribution in [0.1, 0.15) is 48.8 Å². The average molecular weight is 316 g/mol. The first kappa shape index (κ1) is 15.7. The molecule has 1 amide bonds. The first-order valence-corrected chi connectivity index (χ1v) is 8.22. The van der Waals surface area contributed by atoms with Crippen molar-refractivity contribution in [1.29, 1.82) is 0 Å². The Labute approximate surface area is 136 Å². The van der Waals surface area contributed by atoms with Crippen molar-refractivity contribution in [2.24, 2.45) is 13.0 Å². The Morgan fingerprint density at radius 1 is 1.43 bits per heavy atom. The second-order valence-corrected chi connectivity index (χ2v) is 6.70. The van der Waals surface area contributed by atoms with Gasteiger partial charge in [0.15, 0.2) is 0 Å². The van der Waals surface area contributed by atoms with Gasteiger partial charge in [0.2, 0.25) is 0 Å². The van der Waals surface area contributed by atoms with Gasteiger partial charge in [0.05, 0.1) is 5.69 Å². The lowest BCUT2D eigenvalue weighted by Crippen LogP contribution is -2.40. The fourth-order valence-corrected chi connectivity index (χ4v) is 3.12. The van der Waals surface area contributed by atoms with E-state index in [0.29, 0.717) is 18.2 Å². The van der Waals surface area contributed by atoms with Crippen LogP contribution < -0.4 is 0 Å². The van der Waals surface area contributed by atoms with Crippen LogP contribution in [-0.2, 0) is 13.6 Å². The quantitative estimate of drug-likeness (QED) is 0.861. The second-order valence-electron chi connectivity index (χ2n) is 6.70. The molecule has 3 heterocycles. The van der Waals surface area contributed by atoms with Crippen LogP contribution in [0.15, 0.2) is 18.5 Å². The topological polar surface area (TPSA) is 68.8 Å². The average Bonchev–Trinajstić information content (AvgIpc) is 3.15. The molecule has 1 saturated heterocycles. The SMILES string of the molecule is CC(C)Cn1nccc1C(=O)N1CCCC(c2cn(C)nn2)C1. The van der Waals surface area contributed by atoms with Gasteiger partial charge in [-0.25, -0.2) is 0 Å². The molecule has 1 aliphatic heterocycles. The lowest BCUT2D eigenvalue weighted by atomic mass is 9.95. The van der Waals surface area contributed by atoms with Crippen molar-refractivity contribution in [3.05, 3.63) is 29.8 Å². The number of aromatic nitrogens is 5. The standard InChI is InChI=1S/C16H24N6O/c1-12(2)9-22-15(6-7-17-22)16(23)21-8-4-5-13(10-21)14-11-20(3)19-18-14/h6-7,11-13H,4-5,8-10H2,1-3H3. The number of rotatable bonds is 4. The number of amides is 1. The lowest BCUT2D eigenvalue weighted by molar-refractivity contribution is 0.0692. The summed E-state index contributed by atoms with van der Waals surface area (Å²) in [7, 11) is 1.87. The number of hydrogen-bond acceptors (Lipinski definition) is 4. The minimum absolute atomic E-state index is 0.0664. The van der Waals surface area contributed by atoms with E-state index in [1.54, 1.807) is 10.9 Å². The van der Waals surface area contributed by atoms with Crippen LogP contribution in [0.4, 0.5) is 0 Å². The van der Waals surface area contributed by atoms with Crippen LogP contribution in [0, 0.1) is 5.92 Å². The van der Waals surface area contributed by atoms with Gasteiger partial charge in [0.1, 0.15) is 5.69 Å². The van der Waals surface area contributed by atoms with Gasteiger partial charge in [-0.15, -0.1) is 5.10 Å². The van der Waals surface area contributed by atoms with E-state index >= 15 is 0 Å². The molecule has 1 unspecified atom stereocenters. The molecule has 0 bridgehead atoms. The summed E-state index contributed by atoms with van der Waals surface area (Å²) in [6.07, 6.45) is 5.69. The summed E-state index contributed by atoms with van der Waals surface area (Å²) in [6.45, 7) is 6.50. The summed E-state index contributed by atoms with van der Waals surface area (Å²) in [5.41, 5.74) is 1.65. The molecular formula is C16H24N6O. The largest absolute Gasteiger partial charge is 0.337 e. The Balaban J connectivity index is 1.73. The Kier molecular flexibility index (Phi) is 4.45. The molecule has 124 valence electrons. The number of aryl methyl sites for hydroxylation is 1. The Hall–Kier alpha value is -2.18. The van der Waals surface area contributed by atoms with Crippen LogP contribution in [0.3, 0.4) is 0 Å². The lowest BCUT2D eigenvalue weighted by Gasteiger charge is -2.32. The second kappa shape index (κ2) is 6.52. The summed E-state index contributed by atoms with van der Waals surface area (Å²) < 4.78 is 3.53. The zero-order chi connectivity index (χ0) is 16.4. The molecule has 1 atom stereocenters. The minimum atomic E-state index is 0.0664. The number of carbonyl (C=O) groups excluding carboxylic acids is 1. The van der Waals surface area contributed by atoms with E-state index in [0.717, 1.165) is 31.6 Å². The molecule has 2 aromatic rings. The fraction of sp³-hybridized carbons (Fsp3) is 0.625. The number of nitrogens with zero attached hydrogens (tertiary/aromatic N) is 6. The van der Waals surface area contributed by atoms with E-state index in [2.05, 4.69) is 29.3 Å². The first-order valence-electron chi connectivity index (χ1n) is 8.22. The van der Waals surface area contributed by atoms with Gasteiger partial charge in [0, 0.05) is 45.0 Å². The Morgan fingerprint density at radius 3 is 2.96 bits per heavy atom. The van der Waals surface area contributed by atoms with Crippen LogP contribution >= 0.6 is 0 Å². The molecular weight excluding hydrogens is 292 g/mol. The van der Waals surface area contributed by atoms with Crippen molar-refractivity contribution in [2.45, 2.75) is 39.2 Å². The van der Waals surface area contributed by atoms with Gasteiger partial charge in [-0.05, 0) is 24.8 Å². The highest BCUT2D eigenvalue weighted by atomic mass is 16.2. The molecule has 0 spiro atoms. The molecule has 1 aliphatic rings. The smallest absolute Gasteiger partial charge is 0.272 e. The molecule has 2 aromatic heterocycles. The third kappa shape index (κ3) is 3.43. The van der Waals surface area contributed by atoms with Gasteiger partial charge < -0.3 is 4.90 Å². The maximum absolute atomic E-state index is 12.9. The highest BCUT2D eigenvalue weighted by Crippen LogP contribution is 2.26. The van der Waals surface area contributed by atoms with E-state index in [-0.39, 0.29) is 11.8 Å². The minimum Gasteiger partial charge on any atom is -0.337 e. The molecule has 7 heteroatoms. The van der Waals surface area contributed by atoms with Crippen LogP contribution in [0.25, 0.3) is 0 Å². The molecule has 0 aliphatic carbocycles. The Morgan fingerprint density at radius 2 is 2.26 bits per heavy atom. The molecule has 0 saturated carbocycles. The third-order valence-corrected chi connectivity index (χ3v) is 4.22. The first-order chi connectivity index (χ1) is 11.0. The molecule has 0 radical (unpaired) electrons. The van der Waals surface area contributed by atoms with Gasteiger partial charge in [-0.2, -0.15) is 5.10 Å². The maximum atomic E-state index is 12.9. The van der Waals surface area contributed by atoms with Crippen molar-refractivity contribution in [2.75, 3.05) is 13.1 Å². The van der Waals surface area contributed by atoms with Crippen molar-refractivity contribution in [1.82, 2.24) is 29.7 Å². The van der Waals surface area contributed by atoms with Crippen molar-refractivity contribution < 1.29 is 4.79 Å². The van der Waals surface area contributed by atoms with Gasteiger partial charge in [-0.3, -0.25) is 14.2 Å². The van der Waals surface area contributed by atoms with E-state index in [4.69, 9.17) is 0 Å². The number of carbonyl (C=O) groups is 1. The van der Waals surface area contributed by atoms with E-state index in [1.165, 1.54) is 0 Å². The zero-order valence-corrected chi connectivity index (χ0v) is 14.0. The number of hydrogen-bond donors (Lipinski definition) is 0. The molecule has 1 fully saturated rings. The zero-order valence-electron chi connectivity index (χ0n) is 14.0. The van der Waals surface area contributed by atoms with Crippen molar-refractivity contribution >= 4 is 5.91 Å². The van der Waals surface area contributed by atoms with E-state index in [9.17, 15) is 4.79 Å². The monoisotopic (exact) mass is 316 g/mol. The van der Waals surface area contributed by atoms with Gasteiger partial charge in [-0.1, -0.05) is 19.1 Å². The summed E-state index contributed by atoms with van der Waals surface area (Å²) in [4.78, 5) is 14.8. The third-order valence-electron chi connectivity index (χ3n) is 4.22. The predicted molar refractivity (Wildman–Crippen MR) is 85.9 cm³/mol. The summed E-state index contributed by atoms with van der Waals surface area (Å²) in [5.74, 6) is 0.787. The number of likely N-dealkylation sites (tertiary alicyclic amines) is 1. The van der Waals surface area contributed by atoms with E-state index < -0.39 is 0 Å². The van der Waals surface area contributed by atoms with Crippen molar-refractivity contribution in [3.8, 4) is 0 Å².